The summed E-state index contributed by atoms with van der Waals surface area (Å²) in [6, 6.07) is 6.06. The Kier molecular flexibility index (Phi) is 1.43. The molecular formula is C9H6FS. The van der Waals surface area contributed by atoms with Gasteiger partial charge in [0, 0.05) is 16.2 Å². The van der Waals surface area contributed by atoms with E-state index in [2.05, 4.69) is 6.07 Å². The summed E-state index contributed by atoms with van der Waals surface area (Å²) in [4.78, 5) is 0. The molecular weight excluding hydrogens is 159 g/mol. The van der Waals surface area contributed by atoms with E-state index in [1.165, 1.54) is 17.4 Å². The highest BCUT2D eigenvalue weighted by Crippen LogP contribution is 2.26. The SMILES string of the molecule is Cc1csc2[c]ccc(F)c12. The summed E-state index contributed by atoms with van der Waals surface area (Å²) >= 11 is 1.53. The van der Waals surface area contributed by atoms with E-state index < -0.39 is 0 Å². The van der Waals surface area contributed by atoms with Crippen molar-refractivity contribution in [3.05, 3.63) is 35.0 Å². The highest BCUT2D eigenvalue weighted by atomic mass is 32.1. The van der Waals surface area contributed by atoms with E-state index in [4.69, 9.17) is 0 Å². The Morgan fingerprint density at radius 1 is 1.55 bits per heavy atom. The van der Waals surface area contributed by atoms with Crippen molar-refractivity contribution in [1.29, 1.82) is 0 Å². The second-order valence-corrected chi connectivity index (χ2v) is 3.33. The first-order valence-electron chi connectivity index (χ1n) is 3.33. The number of thiophene rings is 1. The average Bonchev–Trinajstić information content (AvgIpc) is 2.34. The molecule has 0 bridgehead atoms. The minimum absolute atomic E-state index is 0.141. The number of aryl methyl sites for hydroxylation is 1. The highest BCUT2D eigenvalue weighted by Gasteiger charge is 2.03. The summed E-state index contributed by atoms with van der Waals surface area (Å²) in [5.41, 5.74) is 0.999. The summed E-state index contributed by atoms with van der Waals surface area (Å²) < 4.78 is 14.0. The minimum atomic E-state index is -0.141. The molecule has 1 heterocycles. The van der Waals surface area contributed by atoms with Crippen LogP contribution in [-0.2, 0) is 0 Å². The lowest BCUT2D eigenvalue weighted by atomic mass is 10.2. The van der Waals surface area contributed by atoms with Gasteiger partial charge in [0.25, 0.3) is 0 Å². The molecule has 1 aromatic heterocycles. The van der Waals surface area contributed by atoms with Crippen LogP contribution in [0.15, 0.2) is 17.5 Å². The van der Waals surface area contributed by atoms with Crippen LogP contribution in [0.3, 0.4) is 0 Å². The largest absolute Gasteiger partial charge is 0.206 e. The molecule has 1 aromatic carbocycles. The summed E-state index contributed by atoms with van der Waals surface area (Å²) in [5, 5.41) is 2.67. The van der Waals surface area contributed by atoms with E-state index in [-0.39, 0.29) is 5.82 Å². The minimum Gasteiger partial charge on any atom is -0.206 e. The molecule has 2 aromatic rings. The third-order valence-corrected chi connectivity index (χ3v) is 2.69. The fourth-order valence-electron chi connectivity index (χ4n) is 1.12. The second-order valence-electron chi connectivity index (χ2n) is 2.45. The molecule has 1 radical (unpaired) electrons. The normalized spacial score (nSPS) is 10.7. The summed E-state index contributed by atoms with van der Waals surface area (Å²) in [5.74, 6) is -0.141. The van der Waals surface area contributed by atoms with Crippen LogP contribution in [0.4, 0.5) is 4.39 Å². The number of hydrogen-bond acceptors (Lipinski definition) is 1. The van der Waals surface area contributed by atoms with E-state index in [0.29, 0.717) is 0 Å². The first-order chi connectivity index (χ1) is 5.29. The molecule has 11 heavy (non-hydrogen) atoms. The van der Waals surface area contributed by atoms with Crippen molar-refractivity contribution in [2.75, 3.05) is 0 Å². The van der Waals surface area contributed by atoms with Crippen LogP contribution < -0.4 is 0 Å². The maximum atomic E-state index is 13.1. The van der Waals surface area contributed by atoms with Crippen LogP contribution in [0, 0.1) is 18.8 Å². The molecule has 0 saturated carbocycles. The van der Waals surface area contributed by atoms with Gasteiger partial charge in [0.2, 0.25) is 0 Å². The Morgan fingerprint density at radius 3 is 3.09 bits per heavy atom. The molecule has 0 aliphatic heterocycles. The van der Waals surface area contributed by atoms with Crippen molar-refractivity contribution in [2.45, 2.75) is 6.92 Å². The fraction of sp³-hybridized carbons (Fsp3) is 0.111. The van der Waals surface area contributed by atoms with Gasteiger partial charge in [-0.25, -0.2) is 4.39 Å². The maximum absolute atomic E-state index is 13.1. The zero-order valence-electron chi connectivity index (χ0n) is 6.02. The van der Waals surface area contributed by atoms with Crippen molar-refractivity contribution in [1.82, 2.24) is 0 Å². The van der Waals surface area contributed by atoms with Gasteiger partial charge in [-0.1, -0.05) is 0 Å². The quantitative estimate of drug-likeness (QED) is 0.562. The van der Waals surface area contributed by atoms with Gasteiger partial charge in [0.05, 0.1) is 0 Å². The first-order valence-corrected chi connectivity index (χ1v) is 4.21. The van der Waals surface area contributed by atoms with Gasteiger partial charge in [-0.2, -0.15) is 0 Å². The van der Waals surface area contributed by atoms with Crippen LogP contribution >= 0.6 is 11.3 Å². The maximum Gasteiger partial charge on any atom is 0.132 e. The standard InChI is InChI=1S/C9H6FS/c1-6-5-11-8-4-2-3-7(10)9(6)8/h2-3,5H,1H3. The van der Waals surface area contributed by atoms with Gasteiger partial charge in [-0.3, -0.25) is 0 Å². The van der Waals surface area contributed by atoms with Crippen molar-refractivity contribution >= 4 is 21.4 Å². The van der Waals surface area contributed by atoms with Crippen molar-refractivity contribution in [3.8, 4) is 0 Å². The van der Waals surface area contributed by atoms with Crippen LogP contribution in [0.2, 0.25) is 0 Å². The molecule has 0 nitrogen and oxygen atoms in total. The fourth-order valence-corrected chi connectivity index (χ4v) is 2.05. The van der Waals surface area contributed by atoms with Crippen molar-refractivity contribution < 1.29 is 4.39 Å². The summed E-state index contributed by atoms with van der Waals surface area (Å²) in [6.45, 7) is 1.91. The molecule has 0 amide bonds. The number of hydrogen-bond donors (Lipinski definition) is 0. The molecule has 0 spiro atoms. The Morgan fingerprint density at radius 2 is 2.36 bits per heavy atom. The predicted molar refractivity (Wildman–Crippen MR) is 45.4 cm³/mol. The predicted octanol–water partition coefficient (Wildman–Crippen LogP) is 3.15. The number of benzene rings is 1. The third-order valence-electron chi connectivity index (χ3n) is 1.66. The highest BCUT2D eigenvalue weighted by molar-refractivity contribution is 7.17. The van der Waals surface area contributed by atoms with Crippen LogP contribution in [-0.4, -0.2) is 0 Å². The molecule has 55 valence electrons. The van der Waals surface area contributed by atoms with Gasteiger partial charge in [0.1, 0.15) is 5.82 Å². The molecule has 0 saturated heterocycles. The first kappa shape index (κ1) is 6.80. The van der Waals surface area contributed by atoms with Crippen LogP contribution in [0.5, 0.6) is 0 Å². The van der Waals surface area contributed by atoms with E-state index in [9.17, 15) is 4.39 Å². The second kappa shape index (κ2) is 2.31. The van der Waals surface area contributed by atoms with Gasteiger partial charge in [0.15, 0.2) is 0 Å². The average molecular weight is 165 g/mol. The summed E-state index contributed by atoms with van der Waals surface area (Å²) in [7, 11) is 0. The summed E-state index contributed by atoms with van der Waals surface area (Å²) in [6.07, 6.45) is 0. The van der Waals surface area contributed by atoms with Crippen LogP contribution in [0.1, 0.15) is 5.56 Å². The molecule has 0 aliphatic rings. The molecule has 0 aliphatic carbocycles. The molecule has 0 fully saturated rings. The number of rotatable bonds is 0. The van der Waals surface area contributed by atoms with Crippen molar-refractivity contribution in [3.63, 3.8) is 0 Å². The Hall–Kier alpha value is -0.890. The topological polar surface area (TPSA) is 0 Å². The number of halogens is 1. The third kappa shape index (κ3) is 0.942. The Bertz CT molecular complexity index is 389. The van der Waals surface area contributed by atoms with E-state index >= 15 is 0 Å². The number of fused-ring (bicyclic) bond motifs is 1. The Labute approximate surface area is 68.3 Å². The van der Waals surface area contributed by atoms with Gasteiger partial charge in [-0.15, -0.1) is 11.3 Å². The van der Waals surface area contributed by atoms with Gasteiger partial charge >= 0.3 is 0 Å². The van der Waals surface area contributed by atoms with Gasteiger partial charge < -0.3 is 0 Å². The zero-order valence-corrected chi connectivity index (χ0v) is 6.83. The Balaban J connectivity index is 2.96. The molecule has 2 rings (SSSR count). The van der Waals surface area contributed by atoms with Crippen molar-refractivity contribution in [2.24, 2.45) is 0 Å². The monoisotopic (exact) mass is 165 g/mol. The molecule has 0 unspecified atom stereocenters. The lowest BCUT2D eigenvalue weighted by Crippen LogP contribution is -1.75. The lowest BCUT2D eigenvalue weighted by molar-refractivity contribution is 0.639. The van der Waals surface area contributed by atoms with E-state index in [0.717, 1.165) is 15.6 Å². The molecule has 2 heteroatoms. The zero-order chi connectivity index (χ0) is 7.84. The van der Waals surface area contributed by atoms with E-state index in [1.807, 2.05) is 12.3 Å². The lowest BCUT2D eigenvalue weighted by Gasteiger charge is -1.91. The van der Waals surface area contributed by atoms with E-state index in [1.54, 1.807) is 6.07 Å². The molecule has 0 atom stereocenters. The van der Waals surface area contributed by atoms with Gasteiger partial charge in [-0.05, 0) is 30.0 Å². The smallest absolute Gasteiger partial charge is 0.132 e. The molecule has 0 N–H and O–H groups in total. The van der Waals surface area contributed by atoms with Crippen LogP contribution in [0.25, 0.3) is 10.1 Å².